The van der Waals surface area contributed by atoms with E-state index >= 15 is 0 Å². The van der Waals surface area contributed by atoms with Crippen LogP contribution in [0, 0.1) is 17.8 Å². The molecule has 3 rings (SSSR count). The third kappa shape index (κ3) is 3.04. The number of nitrogens with one attached hydrogen (secondary N) is 1. The normalized spacial score (nSPS) is 29.8. The molecule has 3 atom stereocenters. The Hall–Kier alpha value is -0.530. The summed E-state index contributed by atoms with van der Waals surface area (Å²) >= 11 is 6.35. The van der Waals surface area contributed by atoms with Gasteiger partial charge in [-0.15, -0.1) is 0 Å². The molecule has 2 fully saturated rings. The average molecular weight is 292 g/mol. The zero-order chi connectivity index (χ0) is 13.9. The van der Waals surface area contributed by atoms with Crippen molar-refractivity contribution < 1.29 is 0 Å². The van der Waals surface area contributed by atoms with Crippen molar-refractivity contribution in [1.29, 1.82) is 0 Å². The fraction of sp³-hybridized carbons (Fsp3) is 0.667. The van der Waals surface area contributed by atoms with E-state index in [1.54, 1.807) is 0 Å². The Bertz CT molecular complexity index is 433. The van der Waals surface area contributed by atoms with E-state index in [1.807, 2.05) is 12.1 Å². The maximum atomic E-state index is 6.35. The summed E-state index contributed by atoms with van der Waals surface area (Å²) in [5, 5.41) is 4.73. The number of rotatable bonds is 6. The topological polar surface area (TPSA) is 12.0 Å². The summed E-state index contributed by atoms with van der Waals surface area (Å²) in [7, 11) is 0. The van der Waals surface area contributed by atoms with E-state index in [0.717, 1.165) is 35.7 Å². The standard InChI is InChI=1S/C18H26ClN/c1-2-11-20-17(12-13-7-3-6-10-16(13)19)18-14-8-4-5-9-15(14)18/h3,6-7,10,14-15,17-18,20H,2,4-5,8-9,11-12H2,1H3. The fourth-order valence-corrected chi connectivity index (χ4v) is 4.43. The number of hydrogen-bond acceptors (Lipinski definition) is 1. The first-order chi connectivity index (χ1) is 9.81. The highest BCUT2D eigenvalue weighted by molar-refractivity contribution is 6.31. The van der Waals surface area contributed by atoms with Crippen molar-refractivity contribution in [3.05, 3.63) is 34.9 Å². The fourth-order valence-electron chi connectivity index (χ4n) is 4.22. The van der Waals surface area contributed by atoms with Crippen LogP contribution in [0.4, 0.5) is 0 Å². The molecule has 2 aliphatic carbocycles. The van der Waals surface area contributed by atoms with Gasteiger partial charge in [0.15, 0.2) is 0 Å². The van der Waals surface area contributed by atoms with Gasteiger partial charge in [-0.2, -0.15) is 0 Å². The largest absolute Gasteiger partial charge is 0.313 e. The summed E-state index contributed by atoms with van der Waals surface area (Å²) in [6, 6.07) is 8.97. The molecule has 110 valence electrons. The molecule has 2 aliphatic rings. The lowest BCUT2D eigenvalue weighted by molar-refractivity contribution is 0.428. The molecule has 0 bridgehead atoms. The van der Waals surface area contributed by atoms with E-state index in [4.69, 9.17) is 11.6 Å². The van der Waals surface area contributed by atoms with Crippen LogP contribution in [0.25, 0.3) is 0 Å². The first-order valence-electron chi connectivity index (χ1n) is 8.28. The van der Waals surface area contributed by atoms with Crippen LogP contribution in [0.1, 0.15) is 44.6 Å². The predicted octanol–water partition coefficient (Wildman–Crippen LogP) is 4.69. The van der Waals surface area contributed by atoms with Crippen LogP contribution in [-0.2, 0) is 6.42 Å². The second-order valence-corrected chi connectivity index (χ2v) is 6.95. The zero-order valence-corrected chi connectivity index (χ0v) is 13.2. The van der Waals surface area contributed by atoms with Crippen LogP contribution in [-0.4, -0.2) is 12.6 Å². The minimum Gasteiger partial charge on any atom is -0.313 e. The molecule has 1 aromatic rings. The molecule has 2 saturated carbocycles. The van der Waals surface area contributed by atoms with Crippen LogP contribution >= 0.6 is 11.6 Å². The number of hydrogen-bond donors (Lipinski definition) is 1. The van der Waals surface area contributed by atoms with E-state index in [9.17, 15) is 0 Å². The maximum Gasteiger partial charge on any atom is 0.0438 e. The van der Waals surface area contributed by atoms with Crippen LogP contribution in [0.2, 0.25) is 5.02 Å². The molecule has 0 amide bonds. The quantitative estimate of drug-likeness (QED) is 0.802. The Balaban J connectivity index is 1.69. The van der Waals surface area contributed by atoms with Crippen molar-refractivity contribution in [3.63, 3.8) is 0 Å². The van der Waals surface area contributed by atoms with Crippen LogP contribution < -0.4 is 5.32 Å². The Morgan fingerprint density at radius 3 is 2.55 bits per heavy atom. The van der Waals surface area contributed by atoms with Gasteiger partial charge in [0.05, 0.1) is 0 Å². The summed E-state index contributed by atoms with van der Waals surface area (Å²) in [5.74, 6) is 2.90. The maximum absolute atomic E-state index is 6.35. The van der Waals surface area contributed by atoms with Crippen molar-refractivity contribution in [3.8, 4) is 0 Å². The zero-order valence-electron chi connectivity index (χ0n) is 12.4. The second kappa shape index (κ2) is 6.49. The van der Waals surface area contributed by atoms with Gasteiger partial charge in [-0.25, -0.2) is 0 Å². The van der Waals surface area contributed by atoms with Crippen LogP contribution in [0.3, 0.4) is 0 Å². The Labute approximate surface area is 128 Å². The summed E-state index contributed by atoms with van der Waals surface area (Å²) < 4.78 is 0. The van der Waals surface area contributed by atoms with Crippen LogP contribution in [0.15, 0.2) is 24.3 Å². The lowest BCUT2D eigenvalue weighted by Gasteiger charge is -2.20. The number of fused-ring (bicyclic) bond motifs is 1. The highest BCUT2D eigenvalue weighted by Gasteiger charge is 2.53. The van der Waals surface area contributed by atoms with Gasteiger partial charge in [-0.1, -0.05) is 49.6 Å². The monoisotopic (exact) mass is 291 g/mol. The summed E-state index contributed by atoms with van der Waals surface area (Å²) in [4.78, 5) is 0. The van der Waals surface area contributed by atoms with Crippen LogP contribution in [0.5, 0.6) is 0 Å². The molecule has 0 spiro atoms. The molecular formula is C18H26ClN. The minimum atomic E-state index is 0.628. The van der Waals surface area contributed by atoms with Gasteiger partial charge < -0.3 is 5.32 Å². The van der Waals surface area contributed by atoms with E-state index in [0.29, 0.717) is 6.04 Å². The van der Waals surface area contributed by atoms with Gasteiger partial charge in [0.1, 0.15) is 0 Å². The van der Waals surface area contributed by atoms with E-state index in [1.165, 1.54) is 37.7 Å². The first kappa shape index (κ1) is 14.4. The molecule has 0 saturated heterocycles. The van der Waals surface area contributed by atoms with Crippen molar-refractivity contribution in [1.82, 2.24) is 5.32 Å². The molecule has 0 radical (unpaired) electrons. The molecule has 2 heteroatoms. The highest BCUT2D eigenvalue weighted by atomic mass is 35.5. The molecule has 0 aliphatic heterocycles. The van der Waals surface area contributed by atoms with E-state index in [-0.39, 0.29) is 0 Å². The first-order valence-corrected chi connectivity index (χ1v) is 8.66. The third-order valence-electron chi connectivity index (χ3n) is 5.24. The van der Waals surface area contributed by atoms with E-state index < -0.39 is 0 Å². The number of halogens is 1. The van der Waals surface area contributed by atoms with Crippen molar-refractivity contribution in [2.45, 2.75) is 51.5 Å². The van der Waals surface area contributed by atoms with Gasteiger partial charge in [0, 0.05) is 11.1 Å². The van der Waals surface area contributed by atoms with Gasteiger partial charge in [0.2, 0.25) is 0 Å². The molecule has 1 nitrogen and oxygen atoms in total. The Morgan fingerprint density at radius 1 is 1.20 bits per heavy atom. The molecule has 1 aromatic carbocycles. The van der Waals surface area contributed by atoms with Crippen molar-refractivity contribution >= 4 is 11.6 Å². The average Bonchev–Trinajstić information content (AvgIpc) is 3.20. The smallest absolute Gasteiger partial charge is 0.0438 e. The van der Waals surface area contributed by atoms with Gasteiger partial charge >= 0.3 is 0 Å². The van der Waals surface area contributed by atoms with Gasteiger partial charge in [-0.05, 0) is 61.6 Å². The van der Waals surface area contributed by atoms with Gasteiger partial charge in [-0.3, -0.25) is 0 Å². The molecule has 20 heavy (non-hydrogen) atoms. The summed E-state index contributed by atoms with van der Waals surface area (Å²) in [6.07, 6.45) is 8.12. The molecular weight excluding hydrogens is 266 g/mol. The van der Waals surface area contributed by atoms with Gasteiger partial charge in [0.25, 0.3) is 0 Å². The summed E-state index contributed by atoms with van der Waals surface area (Å²) in [6.45, 7) is 3.38. The second-order valence-electron chi connectivity index (χ2n) is 6.55. The molecule has 0 aromatic heterocycles. The predicted molar refractivity (Wildman–Crippen MR) is 86.2 cm³/mol. The van der Waals surface area contributed by atoms with E-state index in [2.05, 4.69) is 24.4 Å². The Morgan fingerprint density at radius 2 is 1.90 bits per heavy atom. The molecule has 1 N–H and O–H groups in total. The Kier molecular flexibility index (Phi) is 4.68. The third-order valence-corrected chi connectivity index (χ3v) is 5.61. The summed E-state index contributed by atoms with van der Waals surface area (Å²) in [5.41, 5.74) is 1.31. The lowest BCUT2D eigenvalue weighted by atomic mass is 9.99. The molecule has 0 heterocycles. The molecule has 3 unspecified atom stereocenters. The number of benzene rings is 1. The lowest BCUT2D eigenvalue weighted by Crippen LogP contribution is -2.35. The minimum absolute atomic E-state index is 0.628. The SMILES string of the molecule is CCCNC(Cc1ccccc1Cl)C1C2CCCCC21. The van der Waals surface area contributed by atoms with Crippen molar-refractivity contribution in [2.75, 3.05) is 6.54 Å². The highest BCUT2D eigenvalue weighted by Crippen LogP contribution is 2.57. The van der Waals surface area contributed by atoms with Crippen molar-refractivity contribution in [2.24, 2.45) is 17.8 Å².